The van der Waals surface area contributed by atoms with E-state index in [2.05, 4.69) is 37.8 Å². The zero-order valence-electron chi connectivity index (χ0n) is 13.4. The highest BCUT2D eigenvalue weighted by atomic mass is 32.1. The number of nitrogens with zero attached hydrogens (tertiary/aromatic N) is 2. The summed E-state index contributed by atoms with van der Waals surface area (Å²) < 4.78 is 0. The number of nitrogens with one attached hydrogen (secondary N) is 2. The van der Waals surface area contributed by atoms with Gasteiger partial charge in [-0.05, 0) is 45.6 Å². The molecule has 4 rings (SSSR count). The van der Waals surface area contributed by atoms with Crippen molar-refractivity contribution >= 4 is 28.3 Å². The van der Waals surface area contributed by atoms with Crippen LogP contribution in [-0.2, 0) is 17.8 Å². The first-order valence-electron chi connectivity index (χ1n) is 7.94. The van der Waals surface area contributed by atoms with Gasteiger partial charge >= 0.3 is 0 Å². The van der Waals surface area contributed by atoms with E-state index in [1.807, 2.05) is 29.9 Å². The molecule has 0 radical (unpaired) electrons. The molecule has 0 bridgehead atoms. The van der Waals surface area contributed by atoms with Crippen molar-refractivity contribution in [1.29, 1.82) is 0 Å². The molecule has 1 amide bonds. The topological polar surface area (TPSA) is 70.7 Å². The zero-order chi connectivity index (χ0) is 17.1. The van der Waals surface area contributed by atoms with Gasteiger partial charge in [-0.15, -0.1) is 0 Å². The van der Waals surface area contributed by atoms with Crippen LogP contribution in [0.1, 0.15) is 11.1 Å². The van der Waals surface area contributed by atoms with Crippen molar-refractivity contribution in [2.45, 2.75) is 13.0 Å². The van der Waals surface area contributed by atoms with Crippen molar-refractivity contribution in [3.05, 3.63) is 70.9 Å². The molecular weight excluding hydrogens is 332 g/mol. The molecule has 0 aliphatic carbocycles. The van der Waals surface area contributed by atoms with E-state index in [1.54, 1.807) is 23.7 Å². The zero-order valence-corrected chi connectivity index (χ0v) is 14.2. The van der Waals surface area contributed by atoms with E-state index in [-0.39, 0.29) is 5.91 Å². The summed E-state index contributed by atoms with van der Waals surface area (Å²) in [6.45, 7) is 0.480. The fraction of sp³-hybridized carbons (Fsp3) is 0.105. The lowest BCUT2D eigenvalue weighted by atomic mass is 10.1. The Labute approximate surface area is 148 Å². The first-order valence-corrected chi connectivity index (χ1v) is 8.88. The summed E-state index contributed by atoms with van der Waals surface area (Å²) in [7, 11) is 0. The number of amides is 1. The number of hydrogen-bond donors (Lipinski definition) is 2. The monoisotopic (exact) mass is 348 g/mol. The molecule has 0 atom stereocenters. The Morgan fingerprint density at radius 1 is 1.24 bits per heavy atom. The normalized spacial score (nSPS) is 10.9. The third-order valence-electron chi connectivity index (χ3n) is 4.03. The minimum atomic E-state index is -0.0225. The molecule has 4 heterocycles. The number of carbonyl (C=O) groups is 1. The summed E-state index contributed by atoms with van der Waals surface area (Å²) in [6.07, 6.45) is 7.50. The van der Waals surface area contributed by atoms with Crippen LogP contribution in [0, 0.1) is 0 Å². The fourth-order valence-corrected chi connectivity index (χ4v) is 3.39. The predicted octanol–water partition coefficient (Wildman–Crippen LogP) is 3.55. The van der Waals surface area contributed by atoms with Crippen molar-refractivity contribution in [2.24, 2.45) is 0 Å². The van der Waals surface area contributed by atoms with Gasteiger partial charge in [0.25, 0.3) is 0 Å². The maximum absolute atomic E-state index is 12.3. The summed E-state index contributed by atoms with van der Waals surface area (Å²) in [4.78, 5) is 23.9. The van der Waals surface area contributed by atoms with Gasteiger partial charge in [0.2, 0.25) is 5.91 Å². The Morgan fingerprint density at radius 2 is 2.20 bits per heavy atom. The molecule has 0 saturated carbocycles. The highest BCUT2D eigenvalue weighted by Crippen LogP contribution is 2.26. The molecule has 0 unspecified atom stereocenters. The molecule has 0 saturated heterocycles. The largest absolute Gasteiger partial charge is 0.352 e. The van der Waals surface area contributed by atoms with Gasteiger partial charge in [0.1, 0.15) is 5.65 Å². The van der Waals surface area contributed by atoms with Crippen LogP contribution < -0.4 is 5.32 Å². The van der Waals surface area contributed by atoms with Gasteiger partial charge in [0.05, 0.1) is 6.42 Å². The average molecular weight is 348 g/mol. The summed E-state index contributed by atoms with van der Waals surface area (Å²) in [5, 5.41) is 8.06. The SMILES string of the molecule is O=C(Cc1c[nH]c2ncc(-c3ccsc3)cc12)NCc1cccnc1. The number of aromatic amines is 1. The Balaban J connectivity index is 1.51. The Hall–Kier alpha value is -2.99. The first-order chi connectivity index (χ1) is 12.3. The molecule has 5 nitrogen and oxygen atoms in total. The van der Waals surface area contributed by atoms with Crippen molar-refractivity contribution in [1.82, 2.24) is 20.3 Å². The number of hydrogen-bond acceptors (Lipinski definition) is 4. The molecule has 0 aliphatic rings. The van der Waals surface area contributed by atoms with Gasteiger partial charge in [-0.1, -0.05) is 6.07 Å². The summed E-state index contributed by atoms with van der Waals surface area (Å²) >= 11 is 1.66. The summed E-state index contributed by atoms with van der Waals surface area (Å²) in [5.41, 5.74) is 4.94. The van der Waals surface area contributed by atoms with Crippen molar-refractivity contribution in [2.75, 3.05) is 0 Å². The fourth-order valence-electron chi connectivity index (χ4n) is 2.73. The van der Waals surface area contributed by atoms with E-state index in [0.29, 0.717) is 13.0 Å². The van der Waals surface area contributed by atoms with Crippen molar-refractivity contribution < 1.29 is 4.79 Å². The molecule has 0 aliphatic heterocycles. The van der Waals surface area contributed by atoms with Gasteiger partial charge in [0.15, 0.2) is 0 Å². The maximum atomic E-state index is 12.3. The van der Waals surface area contributed by atoms with Crippen LogP contribution in [0.15, 0.2) is 59.8 Å². The van der Waals surface area contributed by atoms with Gasteiger partial charge in [-0.25, -0.2) is 4.98 Å². The van der Waals surface area contributed by atoms with Crippen LogP contribution in [0.5, 0.6) is 0 Å². The van der Waals surface area contributed by atoms with Crippen LogP contribution in [-0.4, -0.2) is 20.9 Å². The van der Waals surface area contributed by atoms with E-state index in [0.717, 1.165) is 33.3 Å². The summed E-state index contributed by atoms with van der Waals surface area (Å²) in [5.74, 6) is -0.0225. The molecular formula is C19H16N4OS. The molecule has 0 fully saturated rings. The van der Waals surface area contributed by atoms with Crippen LogP contribution in [0.25, 0.3) is 22.2 Å². The number of fused-ring (bicyclic) bond motifs is 1. The Morgan fingerprint density at radius 3 is 3.00 bits per heavy atom. The minimum absolute atomic E-state index is 0.0225. The van der Waals surface area contributed by atoms with Crippen LogP contribution in [0.4, 0.5) is 0 Å². The second-order valence-electron chi connectivity index (χ2n) is 5.76. The highest BCUT2D eigenvalue weighted by Gasteiger charge is 2.11. The molecule has 25 heavy (non-hydrogen) atoms. The smallest absolute Gasteiger partial charge is 0.224 e. The molecule has 124 valence electrons. The van der Waals surface area contributed by atoms with Gasteiger partial charge in [0, 0.05) is 42.3 Å². The van der Waals surface area contributed by atoms with E-state index < -0.39 is 0 Å². The van der Waals surface area contributed by atoms with Crippen molar-refractivity contribution in [3.8, 4) is 11.1 Å². The molecule has 0 spiro atoms. The third-order valence-corrected chi connectivity index (χ3v) is 4.72. The van der Waals surface area contributed by atoms with E-state index in [1.165, 1.54) is 0 Å². The Kier molecular flexibility index (Phi) is 4.26. The number of carbonyl (C=O) groups excluding carboxylic acids is 1. The number of thiophene rings is 1. The summed E-state index contributed by atoms with van der Waals surface area (Å²) in [6, 6.07) is 7.96. The maximum Gasteiger partial charge on any atom is 0.224 e. The average Bonchev–Trinajstić information content (AvgIpc) is 3.31. The van der Waals surface area contributed by atoms with Crippen LogP contribution in [0.2, 0.25) is 0 Å². The van der Waals surface area contributed by atoms with Gasteiger partial charge < -0.3 is 10.3 Å². The second-order valence-corrected chi connectivity index (χ2v) is 6.54. The van der Waals surface area contributed by atoms with Crippen molar-refractivity contribution in [3.63, 3.8) is 0 Å². The lowest BCUT2D eigenvalue weighted by molar-refractivity contribution is -0.120. The molecule has 4 aromatic heterocycles. The quantitative estimate of drug-likeness (QED) is 0.579. The minimum Gasteiger partial charge on any atom is -0.352 e. The van der Waals surface area contributed by atoms with Crippen LogP contribution >= 0.6 is 11.3 Å². The Bertz CT molecular complexity index is 993. The van der Waals surface area contributed by atoms with Gasteiger partial charge in [-0.3, -0.25) is 9.78 Å². The first kappa shape index (κ1) is 15.5. The highest BCUT2D eigenvalue weighted by molar-refractivity contribution is 7.08. The molecule has 6 heteroatoms. The lowest BCUT2D eigenvalue weighted by Gasteiger charge is -2.05. The molecule has 2 N–H and O–H groups in total. The standard InChI is InChI=1S/C19H16N4OS/c24-18(21-9-13-2-1-4-20-8-13)7-16-11-23-19-17(16)6-15(10-22-19)14-3-5-25-12-14/h1-6,8,10-12H,7,9H2,(H,21,24)(H,22,23). The molecule has 4 aromatic rings. The molecule has 0 aromatic carbocycles. The van der Waals surface area contributed by atoms with E-state index in [4.69, 9.17) is 0 Å². The predicted molar refractivity (Wildman–Crippen MR) is 99.2 cm³/mol. The van der Waals surface area contributed by atoms with Crippen LogP contribution in [0.3, 0.4) is 0 Å². The number of pyridine rings is 2. The number of aromatic nitrogens is 3. The number of rotatable bonds is 5. The third kappa shape index (κ3) is 3.44. The number of H-pyrrole nitrogens is 1. The van der Waals surface area contributed by atoms with E-state index in [9.17, 15) is 4.79 Å². The second kappa shape index (κ2) is 6.86. The van der Waals surface area contributed by atoms with E-state index >= 15 is 0 Å². The van der Waals surface area contributed by atoms with Gasteiger partial charge in [-0.2, -0.15) is 11.3 Å². The lowest BCUT2D eigenvalue weighted by Crippen LogP contribution is -2.24.